The molecule has 0 amide bonds. The summed E-state index contributed by atoms with van der Waals surface area (Å²) in [6.07, 6.45) is -4.06. The van der Waals surface area contributed by atoms with Gasteiger partial charge in [0.1, 0.15) is 24.2 Å². The second kappa shape index (κ2) is 6.95. The van der Waals surface area contributed by atoms with Crippen molar-refractivity contribution in [3.05, 3.63) is 29.2 Å². The Morgan fingerprint density at radius 3 is 2.57 bits per heavy atom. The van der Waals surface area contributed by atoms with Gasteiger partial charge in [0.05, 0.1) is 6.54 Å². The molecule has 2 aliphatic heterocycles. The van der Waals surface area contributed by atoms with Crippen LogP contribution in [0.1, 0.15) is 25.0 Å². The number of aliphatic hydroxyl groups is 1. The molecular formula is C19H21F3N4O2. The highest BCUT2D eigenvalue weighted by molar-refractivity contribution is 6.08. The summed E-state index contributed by atoms with van der Waals surface area (Å²) in [5.74, 6) is -2.23. The van der Waals surface area contributed by atoms with Gasteiger partial charge in [0.15, 0.2) is 5.78 Å². The number of carbonyl (C=O) groups is 1. The van der Waals surface area contributed by atoms with E-state index in [4.69, 9.17) is 0 Å². The van der Waals surface area contributed by atoms with Gasteiger partial charge in [-0.05, 0) is 30.9 Å². The maximum atomic E-state index is 13.6. The van der Waals surface area contributed by atoms with Gasteiger partial charge in [-0.25, -0.2) is 9.97 Å². The number of Topliss-reactive ketones (excluding diaryl/α,β-unsaturated/α-hetero) is 1. The summed E-state index contributed by atoms with van der Waals surface area (Å²) >= 11 is 0. The summed E-state index contributed by atoms with van der Waals surface area (Å²) < 4.78 is 40.9. The number of aliphatic imine (C=N–C) groups is 1. The minimum Gasteiger partial charge on any atom is -0.384 e. The zero-order chi connectivity index (χ0) is 20.1. The molecule has 1 fully saturated rings. The lowest BCUT2D eigenvalue weighted by Gasteiger charge is -2.36. The third-order valence-corrected chi connectivity index (χ3v) is 5.79. The van der Waals surface area contributed by atoms with E-state index in [0.717, 1.165) is 11.5 Å². The van der Waals surface area contributed by atoms with Crippen LogP contribution in [0.25, 0.3) is 0 Å². The summed E-state index contributed by atoms with van der Waals surface area (Å²) in [4.78, 5) is 26.7. The Kier molecular flexibility index (Phi) is 4.73. The molecule has 150 valence electrons. The normalized spacial score (nSPS) is 26.5. The van der Waals surface area contributed by atoms with Crippen LogP contribution in [0.15, 0.2) is 28.5 Å². The average molecular weight is 394 g/mol. The van der Waals surface area contributed by atoms with Crippen LogP contribution in [0.4, 0.5) is 19.0 Å². The number of ketones is 1. The molecule has 1 saturated heterocycles. The van der Waals surface area contributed by atoms with E-state index in [0.29, 0.717) is 37.2 Å². The summed E-state index contributed by atoms with van der Waals surface area (Å²) in [5, 5.41) is 9.97. The summed E-state index contributed by atoms with van der Waals surface area (Å²) in [6, 6.07) is 1.89. The molecule has 1 aromatic heterocycles. The largest absolute Gasteiger partial charge is 0.398 e. The Morgan fingerprint density at radius 2 is 1.93 bits per heavy atom. The van der Waals surface area contributed by atoms with Crippen molar-refractivity contribution in [2.24, 2.45) is 16.8 Å². The quantitative estimate of drug-likeness (QED) is 0.833. The van der Waals surface area contributed by atoms with E-state index < -0.39 is 24.0 Å². The first kappa shape index (κ1) is 19.0. The monoisotopic (exact) mass is 394 g/mol. The highest BCUT2D eigenvalue weighted by Gasteiger charge is 2.54. The van der Waals surface area contributed by atoms with Crippen LogP contribution in [0.2, 0.25) is 0 Å². The van der Waals surface area contributed by atoms with E-state index in [-0.39, 0.29) is 24.5 Å². The Morgan fingerprint density at radius 1 is 1.21 bits per heavy atom. The number of piperidine rings is 1. The van der Waals surface area contributed by atoms with Gasteiger partial charge in [0.2, 0.25) is 0 Å². The number of anilines is 1. The molecule has 1 aliphatic carbocycles. The van der Waals surface area contributed by atoms with Gasteiger partial charge >= 0.3 is 6.18 Å². The van der Waals surface area contributed by atoms with Crippen molar-refractivity contribution < 1.29 is 23.1 Å². The van der Waals surface area contributed by atoms with Gasteiger partial charge in [-0.3, -0.25) is 9.79 Å². The third-order valence-electron chi connectivity index (χ3n) is 5.79. The fourth-order valence-corrected chi connectivity index (χ4v) is 4.41. The first-order valence-electron chi connectivity index (χ1n) is 9.33. The van der Waals surface area contributed by atoms with Crippen LogP contribution in [0.3, 0.4) is 0 Å². The van der Waals surface area contributed by atoms with Gasteiger partial charge < -0.3 is 10.0 Å². The maximum absolute atomic E-state index is 13.6. The Balaban J connectivity index is 1.54. The number of aliphatic hydroxyl groups excluding tert-OH is 1. The first-order chi connectivity index (χ1) is 13.3. The number of carbonyl (C=O) groups excluding carboxylic acids is 1. The Labute approximate surface area is 160 Å². The Bertz CT molecular complexity index is 857. The van der Waals surface area contributed by atoms with E-state index in [1.165, 1.54) is 6.33 Å². The van der Waals surface area contributed by atoms with Gasteiger partial charge in [0, 0.05) is 42.9 Å². The second-order valence-corrected chi connectivity index (χ2v) is 7.60. The molecule has 2 atom stereocenters. The number of nitrogens with zero attached hydrogens (tertiary/aromatic N) is 4. The summed E-state index contributed by atoms with van der Waals surface area (Å²) in [6.45, 7) is 3.31. The highest BCUT2D eigenvalue weighted by atomic mass is 19.4. The molecule has 1 aromatic rings. The number of aromatic nitrogens is 2. The molecule has 9 heteroatoms. The predicted molar refractivity (Wildman–Crippen MR) is 96.2 cm³/mol. The maximum Gasteiger partial charge on any atom is 0.398 e. The van der Waals surface area contributed by atoms with Gasteiger partial charge in [0.25, 0.3) is 0 Å². The van der Waals surface area contributed by atoms with Crippen molar-refractivity contribution in [1.29, 1.82) is 0 Å². The minimum absolute atomic E-state index is 0.0657. The van der Waals surface area contributed by atoms with E-state index in [1.54, 1.807) is 0 Å². The van der Waals surface area contributed by atoms with Crippen molar-refractivity contribution in [3.8, 4) is 0 Å². The average Bonchev–Trinajstić information content (AvgIpc) is 3.04. The smallest absolute Gasteiger partial charge is 0.384 e. The van der Waals surface area contributed by atoms with E-state index in [1.807, 2.05) is 13.0 Å². The van der Waals surface area contributed by atoms with Crippen molar-refractivity contribution in [3.63, 3.8) is 0 Å². The van der Waals surface area contributed by atoms with Gasteiger partial charge in [-0.15, -0.1) is 0 Å². The van der Waals surface area contributed by atoms with Crippen LogP contribution < -0.4 is 4.90 Å². The van der Waals surface area contributed by atoms with Crippen LogP contribution in [0, 0.1) is 18.8 Å². The fourth-order valence-electron chi connectivity index (χ4n) is 4.41. The van der Waals surface area contributed by atoms with Crippen LogP contribution in [-0.4, -0.2) is 58.5 Å². The number of alkyl halides is 3. The predicted octanol–water partition coefficient (Wildman–Crippen LogP) is 2.26. The zero-order valence-corrected chi connectivity index (χ0v) is 15.4. The molecule has 0 spiro atoms. The summed E-state index contributed by atoms with van der Waals surface area (Å²) in [7, 11) is 0. The van der Waals surface area contributed by atoms with E-state index >= 15 is 0 Å². The molecule has 0 bridgehead atoms. The third kappa shape index (κ3) is 3.32. The molecule has 4 rings (SSSR count). The van der Waals surface area contributed by atoms with Crippen molar-refractivity contribution in [2.45, 2.75) is 38.5 Å². The highest BCUT2D eigenvalue weighted by Crippen LogP contribution is 2.45. The molecule has 0 unspecified atom stereocenters. The Hall–Kier alpha value is -2.29. The zero-order valence-electron chi connectivity index (χ0n) is 15.4. The van der Waals surface area contributed by atoms with Gasteiger partial charge in [-0.2, -0.15) is 13.2 Å². The lowest BCUT2D eigenvalue weighted by atomic mass is 9.74. The number of hydrogen-bond donors (Lipinski definition) is 1. The molecule has 0 aromatic carbocycles. The van der Waals surface area contributed by atoms with E-state index in [2.05, 4.69) is 19.9 Å². The number of rotatable bonds is 2. The molecule has 6 nitrogen and oxygen atoms in total. The molecule has 0 radical (unpaired) electrons. The van der Waals surface area contributed by atoms with Crippen molar-refractivity contribution >= 4 is 17.3 Å². The van der Waals surface area contributed by atoms with Crippen molar-refractivity contribution in [1.82, 2.24) is 9.97 Å². The molecule has 1 N–H and O–H groups in total. The lowest BCUT2D eigenvalue weighted by Crippen LogP contribution is -2.46. The minimum atomic E-state index is -4.68. The van der Waals surface area contributed by atoms with Gasteiger partial charge in [-0.1, -0.05) is 0 Å². The number of halogens is 3. The molecule has 3 aliphatic rings. The SMILES string of the molecule is Cc1cc(N2CCC(C3=NCC4=C3[C@@H](C(F)(F)F)[C@@H](O)C(=O)C4)CC2)ncn1. The number of aryl methyl sites for hydroxylation is 1. The first-order valence-corrected chi connectivity index (χ1v) is 9.33. The number of hydrogen-bond acceptors (Lipinski definition) is 6. The molecule has 28 heavy (non-hydrogen) atoms. The standard InChI is InChI=1S/C19H21F3N4O2/c1-10-6-14(25-9-24-10)26-4-2-11(3-5-26)17-15-12(8-23-17)7-13(27)18(28)16(15)19(20,21)22/h6,9,11,16,18,28H,2-5,7-8H2,1H3/t16-,18+/m1/s1. The molecule has 3 heterocycles. The van der Waals surface area contributed by atoms with Crippen LogP contribution >= 0.6 is 0 Å². The molecular weight excluding hydrogens is 373 g/mol. The van der Waals surface area contributed by atoms with Crippen LogP contribution in [-0.2, 0) is 4.79 Å². The van der Waals surface area contributed by atoms with Crippen LogP contribution in [0.5, 0.6) is 0 Å². The van der Waals surface area contributed by atoms with E-state index in [9.17, 15) is 23.1 Å². The molecule has 0 saturated carbocycles. The fraction of sp³-hybridized carbons (Fsp3) is 0.579. The lowest BCUT2D eigenvalue weighted by molar-refractivity contribution is -0.190. The second-order valence-electron chi connectivity index (χ2n) is 7.60. The topological polar surface area (TPSA) is 78.7 Å². The van der Waals surface area contributed by atoms with Crippen molar-refractivity contribution in [2.75, 3.05) is 24.5 Å². The summed E-state index contributed by atoms with van der Waals surface area (Å²) in [5.41, 5.74) is 1.77.